The van der Waals surface area contributed by atoms with Crippen molar-refractivity contribution in [2.75, 3.05) is 32.0 Å². The minimum atomic E-state index is 0. The van der Waals surface area contributed by atoms with Crippen LogP contribution in [-0.2, 0) is 17.9 Å². The van der Waals surface area contributed by atoms with Crippen LogP contribution in [0, 0.1) is 11.8 Å². The first kappa shape index (κ1) is 26.5. The van der Waals surface area contributed by atoms with Crippen molar-refractivity contribution in [3.8, 4) is 0 Å². The third-order valence-corrected chi connectivity index (χ3v) is 6.75. The van der Waals surface area contributed by atoms with Gasteiger partial charge in [0.1, 0.15) is 0 Å². The number of anilines is 1. The number of guanidine groups is 1. The van der Waals surface area contributed by atoms with Crippen LogP contribution >= 0.6 is 24.0 Å². The Morgan fingerprint density at radius 2 is 1.71 bits per heavy atom. The molecule has 3 N–H and O–H groups in total. The summed E-state index contributed by atoms with van der Waals surface area (Å²) in [7, 11) is 1.79. The molecule has 6 nitrogen and oxygen atoms in total. The van der Waals surface area contributed by atoms with Gasteiger partial charge in [0.05, 0.1) is 0 Å². The molecule has 7 heteroatoms. The second-order valence-electron chi connectivity index (χ2n) is 9.75. The quantitative estimate of drug-likeness (QED) is 0.268. The predicted molar refractivity (Wildman–Crippen MR) is 151 cm³/mol. The lowest BCUT2D eigenvalue weighted by atomic mass is 9.90. The molecule has 0 spiro atoms. The SMILES string of the molecule is CN=C(NCc1ccccc1CN1CC(C)CC(C)C1)NCC1CC(=O)Nc2ccccc21.I. The zero-order valence-corrected chi connectivity index (χ0v) is 22.8. The van der Waals surface area contributed by atoms with Crippen molar-refractivity contribution < 1.29 is 4.79 Å². The number of hydrogen-bond acceptors (Lipinski definition) is 3. The van der Waals surface area contributed by atoms with E-state index in [2.05, 4.69) is 70.0 Å². The number of piperidine rings is 1. The van der Waals surface area contributed by atoms with E-state index in [0.29, 0.717) is 13.0 Å². The molecule has 34 heavy (non-hydrogen) atoms. The number of fused-ring (bicyclic) bond motifs is 1. The Morgan fingerprint density at radius 1 is 1.03 bits per heavy atom. The van der Waals surface area contributed by atoms with E-state index in [9.17, 15) is 4.79 Å². The van der Waals surface area contributed by atoms with Crippen LogP contribution in [0.1, 0.15) is 49.3 Å². The monoisotopic (exact) mass is 575 g/mol. The molecule has 2 heterocycles. The normalized spacial score (nSPS) is 22.9. The number of likely N-dealkylation sites (tertiary alicyclic amines) is 1. The average Bonchev–Trinajstić information content (AvgIpc) is 2.79. The maximum absolute atomic E-state index is 12.1. The first-order valence-corrected chi connectivity index (χ1v) is 12.1. The number of carbonyl (C=O) groups is 1. The molecule has 2 aromatic rings. The molecule has 0 saturated carbocycles. The molecule has 3 unspecified atom stereocenters. The van der Waals surface area contributed by atoms with Gasteiger partial charge in [-0.2, -0.15) is 0 Å². The highest BCUT2D eigenvalue weighted by molar-refractivity contribution is 14.0. The molecule has 1 amide bonds. The number of nitrogens with zero attached hydrogens (tertiary/aromatic N) is 2. The summed E-state index contributed by atoms with van der Waals surface area (Å²) in [6.07, 6.45) is 1.81. The topological polar surface area (TPSA) is 68.8 Å². The van der Waals surface area contributed by atoms with Gasteiger partial charge in [-0.05, 0) is 41.0 Å². The Bertz CT molecular complexity index is 984. The fourth-order valence-electron chi connectivity index (χ4n) is 5.35. The highest BCUT2D eigenvalue weighted by Gasteiger charge is 2.25. The molecule has 2 aromatic carbocycles. The molecule has 0 bridgehead atoms. The zero-order chi connectivity index (χ0) is 23.2. The van der Waals surface area contributed by atoms with Crippen LogP contribution in [0.5, 0.6) is 0 Å². The summed E-state index contributed by atoms with van der Waals surface area (Å²) in [5.74, 6) is 2.47. The van der Waals surface area contributed by atoms with Gasteiger partial charge in [0, 0.05) is 57.8 Å². The molecular weight excluding hydrogens is 537 g/mol. The second-order valence-corrected chi connectivity index (χ2v) is 9.75. The van der Waals surface area contributed by atoms with E-state index in [4.69, 9.17) is 0 Å². The maximum Gasteiger partial charge on any atom is 0.225 e. The summed E-state index contributed by atoms with van der Waals surface area (Å²) < 4.78 is 0. The largest absolute Gasteiger partial charge is 0.356 e. The first-order valence-electron chi connectivity index (χ1n) is 12.1. The molecule has 1 saturated heterocycles. The molecule has 0 aromatic heterocycles. The Labute approximate surface area is 221 Å². The van der Waals surface area contributed by atoms with E-state index in [1.807, 2.05) is 18.2 Å². The Kier molecular flexibility index (Phi) is 9.76. The van der Waals surface area contributed by atoms with Crippen LogP contribution in [-0.4, -0.2) is 43.4 Å². The Hall–Kier alpha value is -2.13. The Morgan fingerprint density at radius 3 is 2.44 bits per heavy atom. The fourth-order valence-corrected chi connectivity index (χ4v) is 5.35. The van der Waals surface area contributed by atoms with E-state index in [1.54, 1.807) is 7.05 Å². The van der Waals surface area contributed by atoms with E-state index >= 15 is 0 Å². The van der Waals surface area contributed by atoms with Crippen molar-refractivity contribution in [3.63, 3.8) is 0 Å². The van der Waals surface area contributed by atoms with Crippen LogP contribution in [0.2, 0.25) is 0 Å². The van der Waals surface area contributed by atoms with Gasteiger partial charge in [-0.25, -0.2) is 0 Å². The predicted octanol–water partition coefficient (Wildman–Crippen LogP) is 4.57. The van der Waals surface area contributed by atoms with Crippen LogP contribution in [0.4, 0.5) is 5.69 Å². The summed E-state index contributed by atoms with van der Waals surface area (Å²) in [5, 5.41) is 9.87. The van der Waals surface area contributed by atoms with Crippen molar-refractivity contribution in [2.24, 2.45) is 16.8 Å². The molecule has 4 rings (SSSR count). The third-order valence-electron chi connectivity index (χ3n) is 6.75. The minimum Gasteiger partial charge on any atom is -0.356 e. The first-order chi connectivity index (χ1) is 16.0. The smallest absolute Gasteiger partial charge is 0.225 e. The second kappa shape index (κ2) is 12.5. The molecule has 184 valence electrons. The highest BCUT2D eigenvalue weighted by atomic mass is 127. The molecule has 3 atom stereocenters. The van der Waals surface area contributed by atoms with Gasteiger partial charge in [-0.1, -0.05) is 56.3 Å². The number of para-hydroxylation sites is 1. The van der Waals surface area contributed by atoms with Crippen molar-refractivity contribution in [3.05, 3.63) is 65.2 Å². The van der Waals surface area contributed by atoms with E-state index in [-0.39, 0.29) is 35.8 Å². The van der Waals surface area contributed by atoms with E-state index < -0.39 is 0 Å². The summed E-state index contributed by atoms with van der Waals surface area (Å²) in [5.41, 5.74) is 4.77. The molecular formula is C27H38IN5O. The molecule has 2 aliphatic heterocycles. The van der Waals surface area contributed by atoms with Gasteiger partial charge in [0.15, 0.2) is 5.96 Å². The van der Waals surface area contributed by atoms with E-state index in [0.717, 1.165) is 36.6 Å². The number of nitrogens with one attached hydrogen (secondary N) is 3. The lowest BCUT2D eigenvalue weighted by Crippen LogP contribution is -2.41. The summed E-state index contributed by atoms with van der Waals surface area (Å²) in [4.78, 5) is 19.1. The highest BCUT2D eigenvalue weighted by Crippen LogP contribution is 2.31. The number of halogens is 1. The Balaban J connectivity index is 0.00000324. The summed E-state index contributed by atoms with van der Waals surface area (Å²) in [6, 6.07) is 16.7. The average molecular weight is 576 g/mol. The van der Waals surface area contributed by atoms with Crippen molar-refractivity contribution in [2.45, 2.75) is 45.7 Å². The van der Waals surface area contributed by atoms with E-state index in [1.165, 1.54) is 36.2 Å². The fraction of sp³-hybridized carbons (Fsp3) is 0.481. The molecule has 0 radical (unpaired) electrons. The standard InChI is InChI=1S/C27H37N5O.HI/c1-19-12-20(2)17-32(16-19)18-22-9-5-4-8-21(22)14-29-27(28-3)30-15-23-13-26(33)31-25-11-7-6-10-24(23)25;/h4-11,19-20,23H,12-18H2,1-3H3,(H,31,33)(H2,28,29,30);1H. The van der Waals surface area contributed by atoms with Gasteiger partial charge in [0.25, 0.3) is 0 Å². The van der Waals surface area contributed by atoms with Crippen molar-refractivity contribution >= 4 is 41.5 Å². The van der Waals surface area contributed by atoms with Crippen LogP contribution in [0.15, 0.2) is 53.5 Å². The van der Waals surface area contributed by atoms with Gasteiger partial charge in [-0.15, -0.1) is 24.0 Å². The number of carbonyl (C=O) groups excluding carboxylic acids is 1. The number of aliphatic imine (C=N–C) groups is 1. The summed E-state index contributed by atoms with van der Waals surface area (Å²) in [6.45, 7) is 9.44. The number of hydrogen-bond donors (Lipinski definition) is 3. The van der Waals surface area contributed by atoms with Crippen LogP contribution < -0.4 is 16.0 Å². The van der Waals surface area contributed by atoms with Gasteiger partial charge in [-0.3, -0.25) is 14.7 Å². The lowest BCUT2D eigenvalue weighted by molar-refractivity contribution is -0.116. The minimum absolute atomic E-state index is 0. The molecule has 1 fully saturated rings. The lowest BCUT2D eigenvalue weighted by Gasteiger charge is -2.35. The number of amides is 1. The molecule has 2 aliphatic rings. The molecule has 0 aliphatic carbocycles. The number of benzene rings is 2. The van der Waals surface area contributed by atoms with Crippen molar-refractivity contribution in [1.82, 2.24) is 15.5 Å². The van der Waals surface area contributed by atoms with Gasteiger partial charge in [0.2, 0.25) is 5.91 Å². The zero-order valence-electron chi connectivity index (χ0n) is 20.5. The summed E-state index contributed by atoms with van der Waals surface area (Å²) >= 11 is 0. The van der Waals surface area contributed by atoms with Crippen LogP contribution in [0.3, 0.4) is 0 Å². The van der Waals surface area contributed by atoms with Gasteiger partial charge < -0.3 is 16.0 Å². The van der Waals surface area contributed by atoms with Crippen molar-refractivity contribution in [1.29, 1.82) is 0 Å². The third kappa shape index (κ3) is 6.95. The maximum atomic E-state index is 12.1. The van der Waals surface area contributed by atoms with Crippen LogP contribution in [0.25, 0.3) is 0 Å². The van der Waals surface area contributed by atoms with Gasteiger partial charge >= 0.3 is 0 Å². The number of rotatable bonds is 6.